The smallest absolute Gasteiger partial charge is 0.136 e. The Bertz CT molecular complexity index is 10700. The molecule has 3 nitrogen and oxygen atoms in total. The van der Waals surface area contributed by atoms with Crippen molar-refractivity contribution in [2.75, 3.05) is 0 Å². The molecule has 0 aliphatic heterocycles. The van der Waals surface area contributed by atoms with E-state index < -0.39 is 229 Å². The number of hydrogen-bond acceptors (Lipinski definition) is 3. The van der Waals surface area contributed by atoms with E-state index in [0.717, 1.165) is 49.5 Å². The van der Waals surface area contributed by atoms with Gasteiger partial charge in [-0.2, -0.15) is 0 Å². The molecule has 3 heteroatoms. The number of furan rings is 3. The molecule has 0 radical (unpaired) electrons. The van der Waals surface area contributed by atoms with Crippen molar-refractivity contribution in [3.05, 3.63) is 460 Å². The Morgan fingerprint density at radius 3 is 0.659 bits per heavy atom. The van der Waals surface area contributed by atoms with Crippen LogP contribution in [0.25, 0.3) is 242 Å². The van der Waals surface area contributed by atoms with Crippen LogP contribution in [0.2, 0.25) is 0 Å². The third-order valence-electron chi connectivity index (χ3n) is 22.1. The van der Waals surface area contributed by atoms with E-state index in [1.54, 1.807) is 42.5 Å². The second-order valence-corrected chi connectivity index (χ2v) is 28.9. The summed E-state index contributed by atoms with van der Waals surface area (Å²) in [5.74, 6) is 0. The van der Waals surface area contributed by atoms with Crippen LogP contribution in [0.4, 0.5) is 0 Å². The van der Waals surface area contributed by atoms with Crippen molar-refractivity contribution in [1.82, 2.24) is 0 Å². The van der Waals surface area contributed by atoms with Gasteiger partial charge in [0.05, 0.1) is 54.8 Å². The fraction of sp³-hybridized carbons (Fsp3) is 0. The van der Waals surface area contributed by atoms with E-state index in [0.29, 0.717) is 60.8 Å². The molecule has 22 aromatic carbocycles. The van der Waals surface area contributed by atoms with Crippen molar-refractivity contribution in [2.45, 2.75) is 0 Å². The van der Waals surface area contributed by atoms with Crippen molar-refractivity contribution >= 4 is 130 Å². The van der Waals surface area contributed by atoms with Gasteiger partial charge in [0.2, 0.25) is 0 Å². The molecule has 0 N–H and O–H groups in total. The summed E-state index contributed by atoms with van der Waals surface area (Å²) in [7, 11) is 0. The van der Waals surface area contributed by atoms with Crippen LogP contribution in [-0.2, 0) is 0 Å². The Morgan fingerprint density at radius 1 is 0.122 bits per heavy atom. The highest BCUT2D eigenvalue weighted by Gasteiger charge is 2.23. The van der Waals surface area contributed by atoms with Crippen molar-refractivity contribution < 1.29 is 68.1 Å². The van der Waals surface area contributed by atoms with Crippen LogP contribution >= 0.6 is 0 Å². The van der Waals surface area contributed by atoms with E-state index in [1.165, 1.54) is 36.4 Å². The van der Waals surface area contributed by atoms with Crippen molar-refractivity contribution in [2.24, 2.45) is 0 Å². The summed E-state index contributed by atoms with van der Waals surface area (Å²) in [4.78, 5) is 0. The Hall–Kier alpha value is -16.2. The zero-order chi connectivity index (χ0) is 116. The molecule has 3 heterocycles. The standard InChI is InChI=1S/C44H28O.2C38H24O/c1-3-11-29(12-4-1)30-19-21-31(22-20-30)33-23-25-41-39(27-33)40-28-34(24-26-42(40)45-41)44-37-17-9-7-15-35(37)43(32-13-5-2-6-14-32)36-16-8-10-18-38(36)44;1-3-11-25(12-4-1)27-19-21-29-34-23-28(20-22-35(34)39-36(29)24-27)38-32-17-9-7-15-30(32)37(26-13-5-2-6-14-26)31-16-8-10-18-33(31)38;1-3-11-25(12-4-1)27-19-21-35-33(23-27)34-24-28(20-22-36(34)39-35)38-31-17-9-7-15-29(31)37(26-13-5-2-6-14-26)30-16-8-10-18-32(30)38/h1-28H;2*1-24H/i2D,5D,6D,7D,8D,9D,10D,13D,14D,15D,16D,17D,18D;1D,2D,3D,4D,5D,6D,7D,8D,9D,10D,11D,12D,13D,14D,15D,16D,17D,18D;2D,5D,6D,13D,14D,15D,16D,17D,18D. The van der Waals surface area contributed by atoms with Crippen LogP contribution in [-0.4, -0.2) is 0 Å². The Kier molecular flexibility index (Phi) is 10.4. The fourth-order valence-electron chi connectivity index (χ4n) is 16.6. The minimum Gasteiger partial charge on any atom is -0.456 e. The molecule has 0 aliphatic rings. The van der Waals surface area contributed by atoms with E-state index in [1.807, 2.05) is 133 Å². The summed E-state index contributed by atoms with van der Waals surface area (Å²) < 4.78 is 367. The maximum Gasteiger partial charge on any atom is 0.136 e. The fourth-order valence-corrected chi connectivity index (χ4v) is 16.6. The largest absolute Gasteiger partial charge is 0.456 e. The van der Waals surface area contributed by atoms with E-state index in [4.69, 9.17) is 59.9 Å². The second kappa shape index (κ2) is 30.6. The quantitative estimate of drug-likeness (QED) is 0.128. The molecule has 3 aromatic heterocycles. The van der Waals surface area contributed by atoms with E-state index in [-0.39, 0.29) is 144 Å². The Balaban J connectivity index is 0.000000132. The van der Waals surface area contributed by atoms with Crippen molar-refractivity contribution in [3.8, 4) is 111 Å². The molecule has 25 aromatic rings. The van der Waals surface area contributed by atoms with Gasteiger partial charge in [0, 0.05) is 32.3 Å². The monoisotopic (exact) mass is 1600 g/mol. The van der Waals surface area contributed by atoms with Gasteiger partial charge in [0.25, 0.3) is 0 Å². The highest BCUT2D eigenvalue weighted by atomic mass is 16.3. The zero-order valence-electron chi connectivity index (χ0n) is 104. The van der Waals surface area contributed by atoms with Gasteiger partial charge in [0.1, 0.15) is 33.5 Å². The topological polar surface area (TPSA) is 39.4 Å². The van der Waals surface area contributed by atoms with Gasteiger partial charge < -0.3 is 13.3 Å². The molecule has 574 valence electrons. The minimum atomic E-state index is -0.759. The minimum absolute atomic E-state index is 0.0322. The number of fused-ring (bicyclic) bond motifs is 15. The SMILES string of the molecule is [2H]c1c([2H])c([2H])c(-c2c3c([2H])c([2H])c([2H])c([2H])c3c(-c3ccc4oc5ccc(-c6ccc(-c7ccccc7)cc6)cc5c4c3)c3c([2H])c([2H])c([2H])c([2H])c23)c([2H])c1[2H].[2H]c1c([2H])c([2H])c(-c2c3c([2H])ccc([2H])c3c(-c3ccc4oc5ccc(-c6ccccc6)cc5c4c3)c3c([2H])ccc([2H])c23)c([2H])c1[2H].[2H]c1c([2H])c([2H])c(-c2ccc3c(c2)oc2ccc(-c4c5c([2H])c([2H])c([2H])c([2H])c5c(-c5c([2H])c([2H])c([2H])c([2H])c5[2H])c5c([2H])c([2H])c([2H])c([2H])c45)cc23)c([2H])c1[2H]. The van der Waals surface area contributed by atoms with Crippen LogP contribution in [0.3, 0.4) is 0 Å². The van der Waals surface area contributed by atoms with Crippen LogP contribution in [0.1, 0.15) is 54.8 Å². The van der Waals surface area contributed by atoms with Crippen LogP contribution in [0, 0.1) is 0 Å². The van der Waals surface area contributed by atoms with Crippen molar-refractivity contribution in [1.29, 1.82) is 0 Å². The van der Waals surface area contributed by atoms with E-state index in [9.17, 15) is 8.22 Å². The lowest BCUT2D eigenvalue weighted by Gasteiger charge is -2.17. The predicted molar refractivity (Wildman–Crippen MR) is 521 cm³/mol. The summed E-state index contributed by atoms with van der Waals surface area (Å²) in [5, 5.41) is 3.01. The van der Waals surface area contributed by atoms with Gasteiger partial charge in [-0.1, -0.05) is 387 Å². The van der Waals surface area contributed by atoms with Crippen LogP contribution in [0.15, 0.2) is 473 Å². The summed E-state index contributed by atoms with van der Waals surface area (Å²) in [6.07, 6.45) is 0. The molecule has 123 heavy (non-hydrogen) atoms. The first-order valence-corrected chi connectivity index (χ1v) is 38.9. The lowest BCUT2D eigenvalue weighted by molar-refractivity contribution is 0.668. The maximum atomic E-state index is 9.25. The Morgan fingerprint density at radius 2 is 0.333 bits per heavy atom. The summed E-state index contributed by atoms with van der Waals surface area (Å²) in [5.41, 5.74) is 9.20. The van der Waals surface area contributed by atoms with Gasteiger partial charge in [0.15, 0.2) is 0 Å². The first kappa shape index (κ1) is 42.0. The molecule has 0 fully saturated rings. The molecule has 0 saturated heterocycles. The van der Waals surface area contributed by atoms with Gasteiger partial charge >= 0.3 is 0 Å². The molecular weight excluding hydrogens is 1490 g/mol. The van der Waals surface area contributed by atoms with Crippen LogP contribution in [0.5, 0.6) is 0 Å². The second-order valence-electron chi connectivity index (χ2n) is 28.9. The number of hydrogen-bond donors (Lipinski definition) is 0. The first-order chi connectivity index (χ1) is 77.6. The van der Waals surface area contributed by atoms with Gasteiger partial charge in [-0.05, 0) is 249 Å². The Labute approximate surface area is 767 Å². The van der Waals surface area contributed by atoms with Gasteiger partial charge in [-0.15, -0.1) is 0 Å². The van der Waals surface area contributed by atoms with Crippen molar-refractivity contribution in [3.63, 3.8) is 0 Å². The molecule has 0 bridgehead atoms. The normalized spacial score (nSPS) is 16.1. The maximum absolute atomic E-state index is 9.25. The highest BCUT2D eigenvalue weighted by Crippen LogP contribution is 2.50. The molecule has 0 saturated carbocycles. The third-order valence-corrected chi connectivity index (χ3v) is 22.1. The molecule has 25 rings (SSSR count). The van der Waals surface area contributed by atoms with Crippen LogP contribution < -0.4 is 0 Å². The molecular formula is C120H76O3. The molecule has 0 unspecified atom stereocenters. The lowest BCUT2D eigenvalue weighted by atomic mass is 9.86. The summed E-state index contributed by atoms with van der Waals surface area (Å²) in [6.45, 7) is 0. The summed E-state index contributed by atoms with van der Waals surface area (Å²) in [6, 6.07) is 43.4. The zero-order valence-corrected chi connectivity index (χ0v) is 64.0. The summed E-state index contributed by atoms with van der Waals surface area (Å²) >= 11 is 0. The predicted octanol–water partition coefficient (Wildman–Crippen LogP) is 34.3. The van der Waals surface area contributed by atoms with E-state index in [2.05, 4.69) is 6.07 Å². The molecule has 0 atom stereocenters. The number of rotatable bonds is 10. The molecule has 0 spiro atoms. The van der Waals surface area contributed by atoms with E-state index >= 15 is 0 Å². The third kappa shape index (κ3) is 12.9. The molecule has 0 amide bonds. The average Bonchev–Trinajstić information content (AvgIpc) is 1.29. The van der Waals surface area contributed by atoms with Gasteiger partial charge in [-0.3, -0.25) is 0 Å². The first-order valence-electron chi connectivity index (χ1n) is 58.9. The highest BCUT2D eigenvalue weighted by molar-refractivity contribution is 6.26. The average molecular weight is 1610 g/mol. The van der Waals surface area contributed by atoms with Gasteiger partial charge in [-0.25, -0.2) is 0 Å². The lowest BCUT2D eigenvalue weighted by Crippen LogP contribution is -1.90. The number of benzene rings is 22. The molecule has 0 aliphatic carbocycles.